The number of nitrogens with zero attached hydrogens (tertiary/aromatic N) is 1. The number of hydrogen-bond acceptors (Lipinski definition) is 2. The molecular weight excluding hydrogens is 194 g/mol. The lowest BCUT2D eigenvalue weighted by Crippen LogP contribution is -2.28. The Morgan fingerprint density at radius 3 is 2.86 bits per heavy atom. The van der Waals surface area contributed by atoms with E-state index in [-0.39, 0.29) is 0 Å². The molecule has 0 unspecified atom stereocenters. The average Bonchev–Trinajstić information content (AvgIpc) is 2.56. The van der Waals surface area contributed by atoms with E-state index < -0.39 is 0 Å². The summed E-state index contributed by atoms with van der Waals surface area (Å²) in [5.41, 5.74) is 4.63. The second-order valence-electron chi connectivity index (χ2n) is 3.14. The normalized spacial score (nSPS) is 10.4. The Morgan fingerprint density at radius 1 is 1.43 bits per heavy atom. The van der Waals surface area contributed by atoms with Gasteiger partial charge in [0.25, 0.3) is 0 Å². The van der Waals surface area contributed by atoms with Crippen LogP contribution < -0.4 is 11.3 Å². The van der Waals surface area contributed by atoms with Crippen LogP contribution in [-0.2, 0) is 7.05 Å². The zero-order chi connectivity index (χ0) is 10.1. The van der Waals surface area contributed by atoms with Crippen LogP contribution in [0.3, 0.4) is 0 Å². The number of hydrogen-bond donors (Lipinski definition) is 2. The van der Waals surface area contributed by atoms with Crippen LogP contribution in [0.25, 0.3) is 10.9 Å². The van der Waals surface area contributed by atoms with Gasteiger partial charge in [-0.1, -0.05) is 30.4 Å². The molecule has 0 radical (unpaired) electrons. The maximum absolute atomic E-state index is 5.30. The first-order chi connectivity index (χ1) is 6.74. The number of aryl methyl sites for hydroxylation is 1. The van der Waals surface area contributed by atoms with Gasteiger partial charge in [-0.05, 0) is 6.07 Å². The fraction of sp³-hybridized carbons (Fsp3) is 0.100. The highest BCUT2D eigenvalue weighted by atomic mass is 32.1. The van der Waals surface area contributed by atoms with Crippen LogP contribution in [0.1, 0.15) is 5.56 Å². The molecule has 0 aliphatic heterocycles. The molecule has 0 amide bonds. The summed E-state index contributed by atoms with van der Waals surface area (Å²) in [7, 11) is 1.99. The Labute approximate surface area is 87.5 Å². The third-order valence-electron chi connectivity index (χ3n) is 2.27. The lowest BCUT2D eigenvalue weighted by Gasteiger charge is -1.98. The van der Waals surface area contributed by atoms with E-state index >= 15 is 0 Å². The minimum atomic E-state index is 0.571. The monoisotopic (exact) mass is 205 g/mol. The van der Waals surface area contributed by atoms with E-state index in [0.717, 1.165) is 16.5 Å². The number of para-hydroxylation sites is 1. The van der Waals surface area contributed by atoms with Crippen molar-refractivity contribution in [2.45, 2.75) is 0 Å². The fourth-order valence-electron chi connectivity index (χ4n) is 1.60. The number of thiocarbonyl (C=S) groups is 1. The predicted octanol–water partition coefficient (Wildman–Crippen LogP) is 1.32. The van der Waals surface area contributed by atoms with E-state index in [9.17, 15) is 0 Å². The van der Waals surface area contributed by atoms with Crippen molar-refractivity contribution in [2.24, 2.45) is 12.9 Å². The Bertz CT molecular complexity index is 487. The van der Waals surface area contributed by atoms with Gasteiger partial charge >= 0.3 is 0 Å². The van der Waals surface area contributed by atoms with E-state index in [1.54, 1.807) is 0 Å². The van der Waals surface area contributed by atoms with Gasteiger partial charge in [0.15, 0.2) is 0 Å². The molecule has 0 bridgehead atoms. The molecule has 1 aromatic carbocycles. The molecule has 0 fully saturated rings. The molecule has 0 aliphatic rings. The fourth-order valence-corrected chi connectivity index (χ4v) is 1.76. The second-order valence-corrected chi connectivity index (χ2v) is 3.55. The zero-order valence-corrected chi connectivity index (χ0v) is 8.64. The molecule has 0 aliphatic carbocycles. The van der Waals surface area contributed by atoms with Gasteiger partial charge in [-0.2, -0.15) is 0 Å². The molecule has 0 saturated heterocycles. The smallest absolute Gasteiger partial charge is 0.122 e. The van der Waals surface area contributed by atoms with Crippen LogP contribution in [0.2, 0.25) is 0 Å². The van der Waals surface area contributed by atoms with E-state index in [4.69, 9.17) is 18.1 Å². The van der Waals surface area contributed by atoms with Crippen LogP contribution in [0.4, 0.5) is 0 Å². The summed E-state index contributed by atoms with van der Waals surface area (Å²) in [6, 6.07) is 8.09. The first kappa shape index (κ1) is 9.18. The maximum atomic E-state index is 5.30. The highest BCUT2D eigenvalue weighted by Gasteiger charge is 2.08. The summed E-state index contributed by atoms with van der Waals surface area (Å²) < 4.78 is 2.04. The minimum Gasteiger partial charge on any atom is -0.350 e. The van der Waals surface area contributed by atoms with Gasteiger partial charge in [0, 0.05) is 29.7 Å². The van der Waals surface area contributed by atoms with Crippen LogP contribution >= 0.6 is 12.2 Å². The molecule has 4 heteroatoms. The molecule has 2 aromatic rings. The SMILES string of the molecule is Cn1cc(C(=S)NN)c2ccccc21. The average molecular weight is 205 g/mol. The molecule has 3 nitrogen and oxygen atoms in total. The summed E-state index contributed by atoms with van der Waals surface area (Å²) in [6.07, 6.45) is 1.98. The molecular formula is C10H11N3S. The number of aromatic nitrogens is 1. The van der Waals surface area contributed by atoms with Gasteiger partial charge in [0.2, 0.25) is 0 Å². The van der Waals surface area contributed by atoms with Crippen molar-refractivity contribution in [2.75, 3.05) is 0 Å². The molecule has 72 valence electrons. The molecule has 2 rings (SSSR count). The molecule has 0 saturated carbocycles. The third-order valence-corrected chi connectivity index (χ3v) is 2.61. The Hall–Kier alpha value is -1.39. The first-order valence-electron chi connectivity index (χ1n) is 4.29. The molecule has 14 heavy (non-hydrogen) atoms. The number of benzene rings is 1. The molecule has 3 N–H and O–H groups in total. The topological polar surface area (TPSA) is 43.0 Å². The largest absolute Gasteiger partial charge is 0.350 e. The van der Waals surface area contributed by atoms with E-state index in [1.807, 2.05) is 36.0 Å². The predicted molar refractivity (Wildman–Crippen MR) is 61.9 cm³/mol. The maximum Gasteiger partial charge on any atom is 0.122 e. The third kappa shape index (κ3) is 1.29. The van der Waals surface area contributed by atoms with Crippen LogP contribution in [0, 0.1) is 0 Å². The standard InChI is InChI=1S/C10H11N3S/c1-13-6-8(10(14)12-11)7-4-2-3-5-9(7)13/h2-6H,11H2,1H3,(H,12,14). The number of nitrogens with two attached hydrogens (primary N) is 1. The Kier molecular flexibility index (Phi) is 2.23. The lowest BCUT2D eigenvalue weighted by atomic mass is 10.2. The highest BCUT2D eigenvalue weighted by molar-refractivity contribution is 7.80. The highest BCUT2D eigenvalue weighted by Crippen LogP contribution is 2.20. The number of rotatable bonds is 1. The van der Waals surface area contributed by atoms with Gasteiger partial charge < -0.3 is 9.99 Å². The molecule has 1 heterocycles. The van der Waals surface area contributed by atoms with Crippen molar-refractivity contribution in [3.63, 3.8) is 0 Å². The molecule has 0 spiro atoms. The summed E-state index contributed by atoms with van der Waals surface area (Å²) in [6.45, 7) is 0. The van der Waals surface area contributed by atoms with Crippen LogP contribution in [0.15, 0.2) is 30.5 Å². The van der Waals surface area contributed by atoms with Crippen molar-refractivity contribution >= 4 is 28.1 Å². The summed E-state index contributed by atoms with van der Waals surface area (Å²) >= 11 is 5.11. The van der Waals surface area contributed by atoms with Crippen molar-refractivity contribution in [3.05, 3.63) is 36.0 Å². The van der Waals surface area contributed by atoms with Gasteiger partial charge in [0.1, 0.15) is 4.99 Å². The first-order valence-corrected chi connectivity index (χ1v) is 4.70. The van der Waals surface area contributed by atoms with Crippen molar-refractivity contribution in [3.8, 4) is 0 Å². The van der Waals surface area contributed by atoms with Gasteiger partial charge in [-0.25, -0.2) is 5.84 Å². The lowest BCUT2D eigenvalue weighted by molar-refractivity contribution is 0.965. The van der Waals surface area contributed by atoms with Crippen LogP contribution in [-0.4, -0.2) is 9.56 Å². The minimum absolute atomic E-state index is 0.571. The number of fused-ring (bicyclic) bond motifs is 1. The van der Waals surface area contributed by atoms with Gasteiger partial charge in [-0.3, -0.25) is 0 Å². The Balaban J connectivity index is 2.72. The van der Waals surface area contributed by atoms with Crippen molar-refractivity contribution in [1.82, 2.24) is 9.99 Å². The molecule has 1 aromatic heterocycles. The van der Waals surface area contributed by atoms with Crippen LogP contribution in [0.5, 0.6) is 0 Å². The number of nitrogens with one attached hydrogen (secondary N) is 1. The second kappa shape index (κ2) is 3.40. The van der Waals surface area contributed by atoms with Gasteiger partial charge in [-0.15, -0.1) is 0 Å². The summed E-state index contributed by atoms with van der Waals surface area (Å²) in [5, 5.41) is 1.12. The van der Waals surface area contributed by atoms with Crippen molar-refractivity contribution < 1.29 is 0 Å². The Morgan fingerprint density at radius 2 is 2.14 bits per heavy atom. The zero-order valence-electron chi connectivity index (χ0n) is 7.82. The van der Waals surface area contributed by atoms with Crippen molar-refractivity contribution in [1.29, 1.82) is 0 Å². The van der Waals surface area contributed by atoms with E-state index in [2.05, 4.69) is 11.5 Å². The van der Waals surface area contributed by atoms with E-state index in [0.29, 0.717) is 4.99 Å². The number of hydrazine groups is 1. The summed E-state index contributed by atoms with van der Waals surface area (Å²) in [4.78, 5) is 0.571. The van der Waals surface area contributed by atoms with Gasteiger partial charge in [0.05, 0.1) is 0 Å². The molecule has 0 atom stereocenters. The quantitative estimate of drug-likeness (QED) is 0.419. The summed E-state index contributed by atoms with van der Waals surface area (Å²) in [5.74, 6) is 5.30. The van der Waals surface area contributed by atoms with E-state index in [1.165, 1.54) is 0 Å².